The van der Waals surface area contributed by atoms with Crippen molar-refractivity contribution in [3.8, 4) is 0 Å². The molecular formula is C22H36BN. The molecule has 0 amide bonds. The molecule has 2 fully saturated rings. The van der Waals surface area contributed by atoms with E-state index in [9.17, 15) is 0 Å². The maximum atomic E-state index is 2.48. The van der Waals surface area contributed by atoms with Crippen LogP contribution >= 0.6 is 0 Å². The molecule has 2 saturated carbocycles. The smallest absolute Gasteiger partial charge is 0.182 e. The van der Waals surface area contributed by atoms with E-state index in [0.29, 0.717) is 6.04 Å². The van der Waals surface area contributed by atoms with Crippen molar-refractivity contribution in [2.24, 2.45) is 0 Å². The van der Waals surface area contributed by atoms with Crippen LogP contribution < -0.4 is 5.46 Å². The molecule has 0 aliphatic heterocycles. The van der Waals surface area contributed by atoms with Crippen molar-refractivity contribution >= 4 is 12.2 Å². The highest BCUT2D eigenvalue weighted by Gasteiger charge is 2.37. The van der Waals surface area contributed by atoms with Crippen molar-refractivity contribution in [1.29, 1.82) is 0 Å². The van der Waals surface area contributed by atoms with E-state index < -0.39 is 0 Å². The zero-order valence-electron chi connectivity index (χ0n) is 16.1. The van der Waals surface area contributed by atoms with Crippen LogP contribution in [-0.4, -0.2) is 25.7 Å². The van der Waals surface area contributed by atoms with Gasteiger partial charge in [-0.1, -0.05) is 106 Å². The van der Waals surface area contributed by atoms with Gasteiger partial charge in [-0.25, -0.2) is 0 Å². The lowest BCUT2D eigenvalue weighted by Gasteiger charge is -2.38. The Kier molecular flexibility index (Phi) is 6.44. The summed E-state index contributed by atoms with van der Waals surface area (Å²) in [5.41, 5.74) is 3.28. The lowest BCUT2D eigenvalue weighted by molar-refractivity contribution is 0.322. The Bertz CT molecular complexity index is 482. The summed E-state index contributed by atoms with van der Waals surface area (Å²) in [4.78, 5) is 2.37. The molecule has 0 radical (unpaired) electrons. The summed E-state index contributed by atoms with van der Waals surface area (Å²) >= 11 is 0. The third-order valence-electron chi connectivity index (χ3n) is 6.90. The van der Waals surface area contributed by atoms with Gasteiger partial charge in [0.05, 0.1) is 0 Å². The van der Waals surface area contributed by atoms with Crippen molar-refractivity contribution < 1.29 is 0 Å². The first-order chi connectivity index (χ1) is 11.7. The van der Waals surface area contributed by atoms with E-state index >= 15 is 0 Å². The molecule has 0 spiro atoms. The Morgan fingerprint density at radius 3 is 1.83 bits per heavy atom. The topological polar surface area (TPSA) is 3.24 Å². The minimum absolute atomic E-state index is 0.510. The highest BCUT2D eigenvalue weighted by Crippen LogP contribution is 2.41. The van der Waals surface area contributed by atoms with Crippen molar-refractivity contribution in [2.45, 2.75) is 88.8 Å². The van der Waals surface area contributed by atoms with Crippen molar-refractivity contribution in [3.05, 3.63) is 29.8 Å². The van der Waals surface area contributed by atoms with Crippen molar-refractivity contribution in [1.82, 2.24) is 4.90 Å². The van der Waals surface area contributed by atoms with E-state index in [1.54, 1.807) is 11.0 Å². The van der Waals surface area contributed by atoms with E-state index in [4.69, 9.17) is 0 Å². The van der Waals surface area contributed by atoms with Crippen LogP contribution in [0.3, 0.4) is 0 Å². The van der Waals surface area contributed by atoms with Crippen LogP contribution in [-0.2, 0) is 0 Å². The Labute approximate surface area is 150 Å². The summed E-state index contributed by atoms with van der Waals surface area (Å²) in [5.74, 6) is 1.86. The van der Waals surface area contributed by atoms with E-state index in [0.717, 1.165) is 18.3 Å². The number of nitrogens with zero attached hydrogens (tertiary/aromatic N) is 1. The molecule has 1 unspecified atom stereocenters. The van der Waals surface area contributed by atoms with Gasteiger partial charge < -0.3 is 4.90 Å². The first-order valence-electron chi connectivity index (χ1n) is 10.4. The van der Waals surface area contributed by atoms with Crippen LogP contribution in [0, 0.1) is 0 Å². The normalized spacial score (nSPS) is 21.8. The van der Waals surface area contributed by atoms with Crippen LogP contribution in [0.15, 0.2) is 24.3 Å². The summed E-state index contributed by atoms with van der Waals surface area (Å²) < 4.78 is 0. The molecule has 1 nitrogen and oxygen atoms in total. The summed E-state index contributed by atoms with van der Waals surface area (Å²) in [6.45, 7) is 3.18. The first-order valence-corrected chi connectivity index (χ1v) is 10.4. The van der Waals surface area contributed by atoms with Crippen LogP contribution in [0.1, 0.15) is 82.7 Å². The van der Waals surface area contributed by atoms with E-state index in [2.05, 4.69) is 50.2 Å². The lowest BCUT2D eigenvalue weighted by Crippen LogP contribution is -2.44. The molecule has 2 heteroatoms. The largest absolute Gasteiger partial charge is 0.303 e. The molecule has 24 heavy (non-hydrogen) atoms. The van der Waals surface area contributed by atoms with Gasteiger partial charge >= 0.3 is 0 Å². The molecule has 2 aliphatic rings. The molecule has 1 atom stereocenters. The Morgan fingerprint density at radius 1 is 0.833 bits per heavy atom. The molecule has 0 saturated heterocycles. The molecule has 0 bridgehead atoms. The van der Waals surface area contributed by atoms with Gasteiger partial charge in [0.2, 0.25) is 0 Å². The number of hydrogen-bond acceptors (Lipinski definition) is 1. The molecule has 0 N–H and O–H groups in total. The SMILES string of the molecule is CC(c1ccccc1B(C1CCCCC1)C1CCCCC1)N(C)C. The average Bonchev–Trinajstić information content (AvgIpc) is 2.63. The molecule has 2 aliphatic carbocycles. The molecule has 3 rings (SSSR count). The summed E-state index contributed by atoms with van der Waals surface area (Å²) in [7, 11) is 4.44. The predicted molar refractivity (Wildman–Crippen MR) is 108 cm³/mol. The fourth-order valence-corrected chi connectivity index (χ4v) is 5.35. The quantitative estimate of drug-likeness (QED) is 0.630. The van der Waals surface area contributed by atoms with Crippen LogP contribution in [0.2, 0.25) is 11.6 Å². The van der Waals surface area contributed by atoms with Crippen LogP contribution in [0.25, 0.3) is 0 Å². The summed E-state index contributed by atoms with van der Waals surface area (Å²) in [5, 5.41) is 0. The fraction of sp³-hybridized carbons (Fsp3) is 0.727. The van der Waals surface area contributed by atoms with Gasteiger partial charge in [0, 0.05) is 6.04 Å². The van der Waals surface area contributed by atoms with E-state index in [-0.39, 0.29) is 0 Å². The number of rotatable bonds is 5. The van der Waals surface area contributed by atoms with Crippen LogP contribution in [0.5, 0.6) is 0 Å². The van der Waals surface area contributed by atoms with Gasteiger partial charge in [-0.2, -0.15) is 0 Å². The zero-order valence-corrected chi connectivity index (χ0v) is 16.1. The minimum Gasteiger partial charge on any atom is -0.303 e. The first kappa shape index (κ1) is 18.0. The molecule has 0 heterocycles. The summed E-state index contributed by atoms with van der Waals surface area (Å²) in [6, 6.07) is 9.93. The van der Waals surface area contributed by atoms with Gasteiger partial charge in [-0.05, 0) is 26.6 Å². The number of benzene rings is 1. The van der Waals surface area contributed by atoms with Gasteiger partial charge in [0.25, 0.3) is 0 Å². The molecule has 1 aromatic carbocycles. The van der Waals surface area contributed by atoms with Gasteiger partial charge in [-0.3, -0.25) is 0 Å². The Hall–Kier alpha value is -0.755. The van der Waals surface area contributed by atoms with E-state index in [1.807, 2.05) is 0 Å². The number of hydrogen-bond donors (Lipinski definition) is 0. The second-order valence-corrected chi connectivity index (χ2v) is 8.59. The van der Waals surface area contributed by atoms with Gasteiger partial charge in [0.15, 0.2) is 6.71 Å². The standard InChI is InChI=1S/C22H36BN/c1-18(24(2)3)21-16-10-11-17-22(21)23(19-12-6-4-7-13-19)20-14-8-5-9-15-20/h10-11,16-20H,4-9,12-15H2,1-3H3. The van der Waals surface area contributed by atoms with E-state index in [1.165, 1.54) is 64.2 Å². The Balaban J connectivity index is 1.95. The van der Waals surface area contributed by atoms with Crippen molar-refractivity contribution in [2.75, 3.05) is 14.1 Å². The fourth-order valence-electron chi connectivity index (χ4n) is 5.35. The summed E-state index contributed by atoms with van der Waals surface area (Å²) in [6.07, 6.45) is 14.6. The maximum absolute atomic E-state index is 2.48. The molecule has 0 aromatic heterocycles. The van der Waals surface area contributed by atoms with Gasteiger partial charge in [-0.15, -0.1) is 0 Å². The minimum atomic E-state index is 0.510. The predicted octanol–water partition coefficient (Wildman–Crippen LogP) is 5.68. The highest BCUT2D eigenvalue weighted by atomic mass is 15.1. The third kappa shape index (κ3) is 4.07. The highest BCUT2D eigenvalue weighted by molar-refractivity contribution is 6.76. The average molecular weight is 325 g/mol. The Morgan fingerprint density at radius 2 is 1.33 bits per heavy atom. The van der Waals surface area contributed by atoms with Crippen molar-refractivity contribution in [3.63, 3.8) is 0 Å². The molecule has 1 aromatic rings. The monoisotopic (exact) mass is 325 g/mol. The lowest BCUT2D eigenvalue weighted by atomic mass is 9.27. The zero-order chi connectivity index (χ0) is 16.9. The molecular weight excluding hydrogens is 289 g/mol. The second kappa shape index (κ2) is 8.56. The second-order valence-electron chi connectivity index (χ2n) is 8.59. The molecule has 132 valence electrons. The van der Waals surface area contributed by atoms with Gasteiger partial charge in [0.1, 0.15) is 0 Å². The maximum Gasteiger partial charge on any atom is 0.182 e. The third-order valence-corrected chi connectivity index (χ3v) is 6.90. The van der Waals surface area contributed by atoms with Crippen LogP contribution in [0.4, 0.5) is 0 Å².